The Hall–Kier alpha value is -1.95. The minimum atomic E-state index is -1.00. The van der Waals surface area contributed by atoms with Crippen LogP contribution >= 0.6 is 11.8 Å². The molecule has 5 nitrogen and oxygen atoms in total. The van der Waals surface area contributed by atoms with Crippen molar-refractivity contribution in [3.8, 4) is 11.6 Å². The third-order valence-corrected chi connectivity index (χ3v) is 3.34. The van der Waals surface area contributed by atoms with Crippen LogP contribution in [0.2, 0.25) is 0 Å². The predicted molar refractivity (Wildman–Crippen MR) is 73.2 cm³/mol. The van der Waals surface area contributed by atoms with Gasteiger partial charge in [-0.2, -0.15) is 0 Å². The lowest BCUT2D eigenvalue weighted by Crippen LogP contribution is -2.02. The molecule has 0 aliphatic carbocycles. The number of H-pyrrole nitrogens is 1. The van der Waals surface area contributed by atoms with E-state index in [-0.39, 0.29) is 5.56 Å². The Morgan fingerprint density at radius 1 is 1.53 bits per heavy atom. The highest BCUT2D eigenvalue weighted by Crippen LogP contribution is 2.32. The first-order chi connectivity index (χ1) is 9.11. The van der Waals surface area contributed by atoms with Crippen molar-refractivity contribution >= 4 is 17.7 Å². The molecule has 0 saturated heterocycles. The molecular weight excluding hydrogens is 264 g/mol. The number of aromatic amines is 1. The van der Waals surface area contributed by atoms with Crippen molar-refractivity contribution in [3.63, 3.8) is 0 Å². The van der Waals surface area contributed by atoms with Crippen molar-refractivity contribution in [2.75, 3.05) is 5.75 Å². The molecular formula is C13H14N2O3S. The van der Waals surface area contributed by atoms with E-state index < -0.39 is 5.97 Å². The van der Waals surface area contributed by atoms with Gasteiger partial charge in [0.05, 0.1) is 0 Å². The molecule has 0 atom stereocenters. The number of hydrogen-bond donors (Lipinski definition) is 2. The van der Waals surface area contributed by atoms with Gasteiger partial charge in [0.25, 0.3) is 0 Å². The Morgan fingerprint density at radius 2 is 2.32 bits per heavy atom. The molecule has 6 heteroatoms. The van der Waals surface area contributed by atoms with E-state index in [2.05, 4.69) is 10.2 Å². The molecule has 100 valence electrons. The minimum absolute atomic E-state index is 0.176. The number of nitrogens with one attached hydrogen (secondary N) is 1. The van der Waals surface area contributed by atoms with Crippen LogP contribution in [0.15, 0.2) is 29.2 Å². The Morgan fingerprint density at radius 3 is 2.89 bits per heavy atom. The number of ether oxygens (including phenoxy) is 1. The maximum Gasteiger partial charge on any atom is 0.340 e. The summed E-state index contributed by atoms with van der Waals surface area (Å²) in [5.41, 5.74) is 1.03. The monoisotopic (exact) mass is 278 g/mol. The number of rotatable bonds is 5. The quantitative estimate of drug-likeness (QED) is 0.820. The maximum atomic E-state index is 11.4. The Bertz CT molecular complexity index is 595. The number of benzene rings is 1. The van der Waals surface area contributed by atoms with E-state index >= 15 is 0 Å². The number of nitrogens with zero attached hydrogens (tertiary/aromatic N) is 1. The highest BCUT2D eigenvalue weighted by Gasteiger charge is 2.17. The lowest BCUT2D eigenvalue weighted by atomic mass is 10.2. The van der Waals surface area contributed by atoms with Crippen LogP contribution in [0.25, 0.3) is 0 Å². The number of carboxylic acids is 1. The maximum absolute atomic E-state index is 11.4. The first kappa shape index (κ1) is 13.5. The smallest absolute Gasteiger partial charge is 0.340 e. The van der Waals surface area contributed by atoms with Crippen molar-refractivity contribution in [3.05, 3.63) is 35.5 Å². The number of aryl methyl sites for hydroxylation is 1. The van der Waals surface area contributed by atoms with Crippen LogP contribution in [-0.4, -0.2) is 27.0 Å². The van der Waals surface area contributed by atoms with Crippen LogP contribution in [0.3, 0.4) is 0 Å². The zero-order chi connectivity index (χ0) is 13.8. The molecule has 0 amide bonds. The van der Waals surface area contributed by atoms with Crippen LogP contribution in [0, 0.1) is 6.92 Å². The SMILES string of the molecule is CCSc1cccc(Oc2cc(C)[nH]n2)c1C(=O)O. The number of carboxylic acid groups (broad SMARTS) is 1. The number of hydrogen-bond acceptors (Lipinski definition) is 4. The molecule has 0 saturated carbocycles. The van der Waals surface area contributed by atoms with Gasteiger partial charge in [-0.3, -0.25) is 5.10 Å². The van der Waals surface area contributed by atoms with Gasteiger partial charge >= 0.3 is 5.97 Å². The van der Waals surface area contributed by atoms with E-state index in [1.807, 2.05) is 13.8 Å². The molecule has 19 heavy (non-hydrogen) atoms. The summed E-state index contributed by atoms with van der Waals surface area (Å²) < 4.78 is 5.54. The van der Waals surface area contributed by atoms with E-state index in [4.69, 9.17) is 4.74 Å². The molecule has 2 aromatic rings. The molecule has 1 aromatic heterocycles. The minimum Gasteiger partial charge on any atom is -0.478 e. The second-order valence-electron chi connectivity index (χ2n) is 3.86. The third-order valence-electron chi connectivity index (χ3n) is 2.40. The molecule has 0 aliphatic heterocycles. The molecule has 0 unspecified atom stereocenters. The molecule has 1 aromatic carbocycles. The summed E-state index contributed by atoms with van der Waals surface area (Å²) in [6.07, 6.45) is 0. The predicted octanol–water partition coefficient (Wildman–Crippen LogP) is 3.32. The zero-order valence-electron chi connectivity index (χ0n) is 10.6. The second-order valence-corrected chi connectivity index (χ2v) is 5.16. The topological polar surface area (TPSA) is 75.2 Å². The molecule has 0 radical (unpaired) electrons. The van der Waals surface area contributed by atoms with Gasteiger partial charge in [-0.25, -0.2) is 4.79 Å². The average Bonchev–Trinajstić information content (AvgIpc) is 2.75. The van der Waals surface area contributed by atoms with Crippen LogP contribution in [0.4, 0.5) is 0 Å². The van der Waals surface area contributed by atoms with E-state index in [1.54, 1.807) is 24.3 Å². The fourth-order valence-corrected chi connectivity index (χ4v) is 2.46. The summed E-state index contributed by atoms with van der Waals surface area (Å²) in [6.45, 7) is 3.82. The largest absolute Gasteiger partial charge is 0.478 e. The van der Waals surface area contributed by atoms with Gasteiger partial charge < -0.3 is 9.84 Å². The fourth-order valence-electron chi connectivity index (χ4n) is 1.64. The second kappa shape index (κ2) is 5.79. The number of carbonyl (C=O) groups is 1. The molecule has 2 rings (SSSR count). The van der Waals surface area contributed by atoms with Crippen molar-refractivity contribution in [1.29, 1.82) is 0 Å². The summed E-state index contributed by atoms with van der Waals surface area (Å²) in [7, 11) is 0. The van der Waals surface area contributed by atoms with Crippen molar-refractivity contribution in [2.24, 2.45) is 0 Å². The molecule has 0 spiro atoms. The van der Waals surface area contributed by atoms with Gasteiger partial charge in [0.1, 0.15) is 11.3 Å². The van der Waals surface area contributed by atoms with Crippen molar-refractivity contribution < 1.29 is 14.6 Å². The van der Waals surface area contributed by atoms with Crippen molar-refractivity contribution in [1.82, 2.24) is 10.2 Å². The number of aromatic nitrogens is 2. The van der Waals surface area contributed by atoms with E-state index in [1.165, 1.54) is 11.8 Å². The first-order valence-corrected chi connectivity index (χ1v) is 6.79. The Balaban J connectivity index is 2.38. The van der Waals surface area contributed by atoms with Crippen LogP contribution in [-0.2, 0) is 0 Å². The van der Waals surface area contributed by atoms with Gasteiger partial charge in [-0.05, 0) is 24.8 Å². The van der Waals surface area contributed by atoms with Crippen LogP contribution in [0.5, 0.6) is 11.6 Å². The van der Waals surface area contributed by atoms with Crippen LogP contribution < -0.4 is 4.74 Å². The highest BCUT2D eigenvalue weighted by atomic mass is 32.2. The van der Waals surface area contributed by atoms with Gasteiger partial charge in [0.15, 0.2) is 0 Å². The highest BCUT2D eigenvalue weighted by molar-refractivity contribution is 7.99. The molecule has 0 aliphatic rings. The van der Waals surface area contributed by atoms with Crippen molar-refractivity contribution in [2.45, 2.75) is 18.7 Å². The van der Waals surface area contributed by atoms with Gasteiger partial charge in [-0.1, -0.05) is 13.0 Å². The standard InChI is InChI=1S/C13H14N2O3S/c1-3-19-10-6-4-5-9(12(10)13(16)17)18-11-7-8(2)14-15-11/h4-7H,3H2,1-2H3,(H,14,15)(H,16,17). The lowest BCUT2D eigenvalue weighted by molar-refractivity contribution is 0.0690. The van der Waals surface area contributed by atoms with E-state index in [9.17, 15) is 9.90 Å². The summed E-state index contributed by atoms with van der Waals surface area (Å²) in [5, 5.41) is 16.0. The summed E-state index contributed by atoms with van der Waals surface area (Å²) in [5.74, 6) is 0.459. The van der Waals surface area contributed by atoms with E-state index in [0.717, 1.165) is 11.4 Å². The van der Waals surface area contributed by atoms with Gasteiger partial charge in [0.2, 0.25) is 5.88 Å². The molecule has 1 heterocycles. The summed E-state index contributed by atoms with van der Waals surface area (Å²) in [4.78, 5) is 12.1. The van der Waals surface area contributed by atoms with Crippen LogP contribution in [0.1, 0.15) is 23.0 Å². The fraction of sp³-hybridized carbons (Fsp3) is 0.231. The molecule has 2 N–H and O–H groups in total. The average molecular weight is 278 g/mol. The molecule has 0 fully saturated rings. The lowest BCUT2D eigenvalue weighted by Gasteiger charge is -2.10. The third kappa shape index (κ3) is 3.08. The van der Waals surface area contributed by atoms with E-state index in [0.29, 0.717) is 16.5 Å². The number of aromatic carboxylic acids is 1. The zero-order valence-corrected chi connectivity index (χ0v) is 11.5. The number of thioether (sulfide) groups is 1. The summed E-state index contributed by atoms with van der Waals surface area (Å²) >= 11 is 1.47. The normalized spacial score (nSPS) is 10.4. The first-order valence-electron chi connectivity index (χ1n) is 5.80. The van der Waals surface area contributed by atoms with Gasteiger partial charge in [-0.15, -0.1) is 16.9 Å². The Labute approximate surface area is 115 Å². The van der Waals surface area contributed by atoms with Gasteiger partial charge in [0, 0.05) is 16.7 Å². The summed E-state index contributed by atoms with van der Waals surface area (Å²) in [6, 6.07) is 6.90. The molecule has 0 bridgehead atoms. The Kier molecular flexibility index (Phi) is 4.11.